The van der Waals surface area contributed by atoms with Crippen LogP contribution in [0.1, 0.15) is 12.5 Å². The van der Waals surface area contributed by atoms with Crippen molar-refractivity contribution in [3.63, 3.8) is 0 Å². The molecule has 0 aliphatic carbocycles. The molecule has 7 nitrogen and oxygen atoms in total. The number of nitrogens with one attached hydrogen (secondary N) is 1. The number of nitro groups is 1. The number of carbonyl (C=O) groups is 1. The second kappa shape index (κ2) is 5.35. The highest BCUT2D eigenvalue weighted by molar-refractivity contribution is 5.92. The second-order valence-corrected chi connectivity index (χ2v) is 3.57. The van der Waals surface area contributed by atoms with Crippen molar-refractivity contribution in [1.29, 1.82) is 0 Å². The molecule has 1 aromatic rings. The van der Waals surface area contributed by atoms with Crippen molar-refractivity contribution in [2.24, 2.45) is 0 Å². The summed E-state index contributed by atoms with van der Waals surface area (Å²) in [6, 6.07) is 1.37. The van der Waals surface area contributed by atoms with Gasteiger partial charge in [-0.15, -0.1) is 0 Å². The summed E-state index contributed by atoms with van der Waals surface area (Å²) in [5.74, 6) is 0.201. The fourth-order valence-electron chi connectivity index (χ4n) is 1.68. The maximum absolute atomic E-state index is 11.0. The molecule has 0 saturated carbocycles. The number of methoxy groups -OCH3 is 2. The van der Waals surface area contributed by atoms with Crippen molar-refractivity contribution in [2.45, 2.75) is 13.8 Å². The van der Waals surface area contributed by atoms with Gasteiger partial charge in [0.25, 0.3) is 5.69 Å². The second-order valence-electron chi connectivity index (χ2n) is 3.57. The van der Waals surface area contributed by atoms with Gasteiger partial charge in [0.1, 0.15) is 5.69 Å². The maximum Gasteiger partial charge on any atom is 0.299 e. The highest BCUT2D eigenvalue weighted by atomic mass is 16.6. The number of nitrogens with zero attached hydrogens (tertiary/aromatic N) is 1. The first-order chi connectivity index (χ1) is 8.42. The summed E-state index contributed by atoms with van der Waals surface area (Å²) < 4.78 is 10.2. The van der Waals surface area contributed by atoms with Crippen LogP contribution in [0.15, 0.2) is 6.07 Å². The minimum Gasteiger partial charge on any atom is -0.493 e. The monoisotopic (exact) mass is 254 g/mol. The number of hydrogen-bond acceptors (Lipinski definition) is 5. The van der Waals surface area contributed by atoms with Crippen LogP contribution in [-0.4, -0.2) is 25.1 Å². The van der Waals surface area contributed by atoms with E-state index in [-0.39, 0.29) is 17.1 Å². The molecule has 0 aliphatic rings. The molecule has 0 heterocycles. The van der Waals surface area contributed by atoms with E-state index in [0.717, 1.165) is 0 Å². The third-order valence-corrected chi connectivity index (χ3v) is 2.37. The number of nitro benzene ring substituents is 1. The summed E-state index contributed by atoms with van der Waals surface area (Å²) >= 11 is 0. The summed E-state index contributed by atoms with van der Waals surface area (Å²) in [4.78, 5) is 21.5. The fraction of sp³-hybridized carbons (Fsp3) is 0.364. The van der Waals surface area contributed by atoms with E-state index in [1.165, 1.54) is 34.1 Å². The molecule has 0 unspecified atom stereocenters. The third kappa shape index (κ3) is 2.50. The van der Waals surface area contributed by atoms with E-state index >= 15 is 0 Å². The molecule has 7 heteroatoms. The minimum absolute atomic E-state index is 0.0858. The molecule has 98 valence electrons. The molecule has 0 saturated heterocycles. The first kappa shape index (κ1) is 13.8. The Morgan fingerprint density at radius 1 is 1.39 bits per heavy atom. The predicted molar refractivity (Wildman–Crippen MR) is 65.2 cm³/mol. The summed E-state index contributed by atoms with van der Waals surface area (Å²) in [7, 11) is 2.81. The molecule has 0 fully saturated rings. The molecule has 1 amide bonds. The number of benzene rings is 1. The molecule has 1 rings (SSSR count). The summed E-state index contributed by atoms with van der Waals surface area (Å²) in [5.41, 5.74) is 0.177. The van der Waals surface area contributed by atoms with Gasteiger partial charge < -0.3 is 14.8 Å². The zero-order valence-corrected chi connectivity index (χ0v) is 10.6. The van der Waals surface area contributed by atoms with Gasteiger partial charge in [-0.05, 0) is 6.92 Å². The van der Waals surface area contributed by atoms with Crippen LogP contribution in [0.2, 0.25) is 0 Å². The van der Waals surface area contributed by atoms with Crippen LogP contribution in [0, 0.1) is 17.0 Å². The van der Waals surface area contributed by atoms with Crippen molar-refractivity contribution >= 4 is 17.3 Å². The quantitative estimate of drug-likeness (QED) is 0.654. The molecule has 18 heavy (non-hydrogen) atoms. The van der Waals surface area contributed by atoms with Crippen LogP contribution in [0.5, 0.6) is 11.5 Å². The highest BCUT2D eigenvalue weighted by Gasteiger charge is 2.25. The van der Waals surface area contributed by atoms with E-state index in [1.807, 2.05) is 0 Å². The van der Waals surface area contributed by atoms with Crippen LogP contribution >= 0.6 is 0 Å². The lowest BCUT2D eigenvalue weighted by molar-refractivity contribution is -0.384. The molecule has 1 N–H and O–H groups in total. The van der Waals surface area contributed by atoms with Crippen LogP contribution < -0.4 is 14.8 Å². The summed E-state index contributed by atoms with van der Waals surface area (Å²) in [5, 5.41) is 13.5. The van der Waals surface area contributed by atoms with E-state index in [4.69, 9.17) is 9.47 Å². The van der Waals surface area contributed by atoms with Crippen LogP contribution in [0.4, 0.5) is 11.4 Å². The lowest BCUT2D eigenvalue weighted by atomic mass is 10.1. The zero-order valence-electron chi connectivity index (χ0n) is 10.6. The van der Waals surface area contributed by atoms with E-state index in [9.17, 15) is 14.9 Å². The first-order valence-electron chi connectivity index (χ1n) is 5.09. The molecule has 0 spiro atoms. The Bertz CT molecular complexity index is 499. The van der Waals surface area contributed by atoms with Crippen LogP contribution in [0.25, 0.3) is 0 Å². The van der Waals surface area contributed by atoms with Gasteiger partial charge in [0.15, 0.2) is 11.5 Å². The fourth-order valence-corrected chi connectivity index (χ4v) is 1.68. The van der Waals surface area contributed by atoms with Gasteiger partial charge in [-0.3, -0.25) is 14.9 Å². The Morgan fingerprint density at radius 2 is 2.00 bits per heavy atom. The predicted octanol–water partition coefficient (Wildman–Crippen LogP) is 1.88. The smallest absolute Gasteiger partial charge is 0.299 e. The minimum atomic E-state index is -0.567. The SMILES string of the molecule is COc1cc(NC(C)=O)c([N+](=O)[O-])c(C)c1OC. The number of ether oxygens (including phenoxy) is 2. The highest BCUT2D eigenvalue weighted by Crippen LogP contribution is 2.42. The summed E-state index contributed by atoms with van der Waals surface area (Å²) in [6.45, 7) is 2.81. The normalized spacial score (nSPS) is 9.78. The standard InChI is InChI=1S/C11H14N2O5/c1-6-10(13(15)16)8(12-7(2)14)5-9(17-3)11(6)18-4/h5H,1-4H3,(H,12,14). The van der Waals surface area contributed by atoms with Crippen molar-refractivity contribution in [1.82, 2.24) is 0 Å². The van der Waals surface area contributed by atoms with Crippen LogP contribution in [-0.2, 0) is 4.79 Å². The Balaban J connectivity index is 3.54. The number of rotatable bonds is 4. The van der Waals surface area contributed by atoms with Crippen LogP contribution in [0.3, 0.4) is 0 Å². The molecule has 0 radical (unpaired) electrons. The first-order valence-corrected chi connectivity index (χ1v) is 5.09. The van der Waals surface area contributed by atoms with Gasteiger partial charge in [0.2, 0.25) is 5.91 Å². The van der Waals surface area contributed by atoms with E-state index in [2.05, 4.69) is 5.32 Å². The van der Waals surface area contributed by atoms with Crippen molar-refractivity contribution < 1.29 is 19.2 Å². The Hall–Kier alpha value is -2.31. The topological polar surface area (TPSA) is 90.7 Å². The molecule has 0 aromatic heterocycles. The average molecular weight is 254 g/mol. The molecule has 0 aliphatic heterocycles. The third-order valence-electron chi connectivity index (χ3n) is 2.37. The van der Waals surface area contributed by atoms with E-state index < -0.39 is 10.8 Å². The van der Waals surface area contributed by atoms with Crippen molar-refractivity contribution in [3.05, 3.63) is 21.7 Å². The lowest BCUT2D eigenvalue weighted by Gasteiger charge is -2.13. The number of hydrogen-bond donors (Lipinski definition) is 1. The maximum atomic E-state index is 11.0. The Kier molecular flexibility index (Phi) is 4.09. The number of amides is 1. The molecule has 0 bridgehead atoms. The molecule has 1 aromatic carbocycles. The van der Waals surface area contributed by atoms with Gasteiger partial charge in [0.05, 0.1) is 24.7 Å². The van der Waals surface area contributed by atoms with Gasteiger partial charge in [0, 0.05) is 13.0 Å². The van der Waals surface area contributed by atoms with Gasteiger partial charge in [-0.1, -0.05) is 0 Å². The average Bonchev–Trinajstić information content (AvgIpc) is 2.26. The molecule has 0 atom stereocenters. The van der Waals surface area contributed by atoms with Crippen molar-refractivity contribution in [3.8, 4) is 11.5 Å². The lowest BCUT2D eigenvalue weighted by Crippen LogP contribution is -2.10. The van der Waals surface area contributed by atoms with Crippen molar-refractivity contribution in [2.75, 3.05) is 19.5 Å². The number of anilines is 1. The van der Waals surface area contributed by atoms with Gasteiger partial charge in [-0.2, -0.15) is 0 Å². The largest absolute Gasteiger partial charge is 0.493 e. The van der Waals surface area contributed by atoms with E-state index in [0.29, 0.717) is 11.3 Å². The van der Waals surface area contributed by atoms with Gasteiger partial charge in [-0.25, -0.2) is 0 Å². The number of carbonyl (C=O) groups excluding carboxylic acids is 1. The Morgan fingerprint density at radius 3 is 2.39 bits per heavy atom. The molecular formula is C11H14N2O5. The Labute approximate surface area is 104 Å². The summed E-state index contributed by atoms with van der Waals surface area (Å²) in [6.07, 6.45) is 0. The van der Waals surface area contributed by atoms with E-state index in [1.54, 1.807) is 0 Å². The van der Waals surface area contributed by atoms with Gasteiger partial charge >= 0.3 is 0 Å². The zero-order chi connectivity index (χ0) is 13.9. The molecular weight excluding hydrogens is 240 g/mol.